The van der Waals surface area contributed by atoms with E-state index in [2.05, 4.69) is 10.3 Å². The molecule has 2 rings (SSSR count). The van der Waals surface area contributed by atoms with E-state index in [0.717, 1.165) is 18.4 Å². The number of H-pyrrole nitrogens is 1. The van der Waals surface area contributed by atoms with Crippen molar-refractivity contribution in [1.82, 2.24) is 5.32 Å². The molecule has 2 unspecified atom stereocenters. The number of aliphatic carboxylic acids is 1. The van der Waals surface area contributed by atoms with Gasteiger partial charge >= 0.3 is 0 Å². The van der Waals surface area contributed by atoms with Crippen LogP contribution in [0, 0.1) is 11.8 Å². The Bertz CT molecular complexity index is 447. The molecule has 0 aromatic carbocycles. The van der Waals surface area contributed by atoms with Gasteiger partial charge in [0.25, 0.3) is 0 Å². The minimum Gasteiger partial charge on any atom is -0.550 e. The fraction of sp³-hybridized carbons (Fsp3) is 0.500. The highest BCUT2D eigenvalue weighted by Gasteiger charge is 2.31. The standard InChI is InChI=1S/C14H18N2O3/c17-13(16-9-10-4-3-7-15-8-10)11-5-1-2-6-12(11)14(18)19/h3-4,7-8,11-12H,1-2,5-6,9H2,(H,16,17)(H,18,19). The third kappa shape index (κ3) is 3.53. The van der Waals surface area contributed by atoms with Crippen molar-refractivity contribution in [3.05, 3.63) is 30.1 Å². The lowest BCUT2D eigenvalue weighted by atomic mass is 9.78. The van der Waals surface area contributed by atoms with Gasteiger partial charge in [0, 0.05) is 36.0 Å². The number of hydrogen-bond acceptors (Lipinski definition) is 3. The molecule has 1 amide bonds. The first-order chi connectivity index (χ1) is 9.18. The average molecular weight is 262 g/mol. The molecule has 5 heteroatoms. The lowest BCUT2D eigenvalue weighted by Crippen LogP contribution is -2.44. The Morgan fingerprint density at radius 3 is 2.68 bits per heavy atom. The third-order valence-electron chi connectivity index (χ3n) is 3.64. The van der Waals surface area contributed by atoms with Gasteiger partial charge in [-0.05, 0) is 18.9 Å². The summed E-state index contributed by atoms with van der Waals surface area (Å²) in [5.41, 5.74) is 0.955. The first kappa shape index (κ1) is 13.5. The summed E-state index contributed by atoms with van der Waals surface area (Å²) in [6, 6.07) is 3.75. The van der Waals surface area contributed by atoms with Crippen LogP contribution in [0.5, 0.6) is 0 Å². The second kappa shape index (κ2) is 6.31. The van der Waals surface area contributed by atoms with E-state index in [9.17, 15) is 14.7 Å². The maximum atomic E-state index is 12.1. The molecule has 0 saturated heterocycles. The molecular weight excluding hydrogens is 244 g/mol. The molecule has 0 aliphatic heterocycles. The van der Waals surface area contributed by atoms with E-state index in [1.807, 2.05) is 12.1 Å². The summed E-state index contributed by atoms with van der Waals surface area (Å²) in [6.45, 7) is 0.409. The maximum Gasteiger partial charge on any atom is 0.224 e. The van der Waals surface area contributed by atoms with E-state index in [-0.39, 0.29) is 5.91 Å². The molecule has 0 spiro atoms. The summed E-state index contributed by atoms with van der Waals surface area (Å²) in [6.07, 6.45) is 6.53. The van der Waals surface area contributed by atoms with Gasteiger partial charge in [-0.2, -0.15) is 0 Å². The molecule has 1 aliphatic rings. The van der Waals surface area contributed by atoms with Crippen LogP contribution < -0.4 is 15.4 Å². The van der Waals surface area contributed by atoms with Crippen molar-refractivity contribution in [1.29, 1.82) is 0 Å². The van der Waals surface area contributed by atoms with Crippen molar-refractivity contribution in [3.8, 4) is 0 Å². The number of aromatic nitrogens is 1. The largest absolute Gasteiger partial charge is 0.550 e. The molecule has 102 valence electrons. The quantitative estimate of drug-likeness (QED) is 0.806. The number of pyridine rings is 1. The molecule has 0 bridgehead atoms. The zero-order valence-electron chi connectivity index (χ0n) is 10.7. The highest BCUT2D eigenvalue weighted by Crippen LogP contribution is 2.29. The maximum absolute atomic E-state index is 12.1. The van der Waals surface area contributed by atoms with Gasteiger partial charge in [0.1, 0.15) is 0 Å². The predicted octanol–water partition coefficient (Wildman–Crippen LogP) is -0.327. The Balaban J connectivity index is 1.93. The average Bonchev–Trinajstić information content (AvgIpc) is 2.46. The van der Waals surface area contributed by atoms with Gasteiger partial charge in [0.2, 0.25) is 5.91 Å². The Kier molecular flexibility index (Phi) is 4.49. The molecular formula is C14H18N2O3. The van der Waals surface area contributed by atoms with Crippen LogP contribution in [0.15, 0.2) is 24.5 Å². The van der Waals surface area contributed by atoms with E-state index in [0.29, 0.717) is 19.4 Å². The van der Waals surface area contributed by atoms with E-state index >= 15 is 0 Å². The smallest absolute Gasteiger partial charge is 0.224 e. The fourth-order valence-electron chi connectivity index (χ4n) is 2.59. The molecule has 1 fully saturated rings. The van der Waals surface area contributed by atoms with Gasteiger partial charge in [-0.25, -0.2) is 4.98 Å². The minimum atomic E-state index is -1.10. The highest BCUT2D eigenvalue weighted by molar-refractivity contribution is 5.84. The van der Waals surface area contributed by atoms with Gasteiger partial charge in [-0.15, -0.1) is 0 Å². The van der Waals surface area contributed by atoms with Crippen LogP contribution in [0.25, 0.3) is 0 Å². The molecule has 1 aliphatic carbocycles. The second-order valence-corrected chi connectivity index (χ2v) is 4.95. The van der Waals surface area contributed by atoms with Gasteiger partial charge in [-0.3, -0.25) is 4.79 Å². The molecule has 5 nitrogen and oxygen atoms in total. The molecule has 2 atom stereocenters. The van der Waals surface area contributed by atoms with Crippen LogP contribution >= 0.6 is 0 Å². The van der Waals surface area contributed by atoms with Crippen molar-refractivity contribution < 1.29 is 19.7 Å². The summed E-state index contributed by atoms with van der Waals surface area (Å²) in [4.78, 5) is 26.1. The van der Waals surface area contributed by atoms with Crippen LogP contribution in [0.4, 0.5) is 0 Å². The Morgan fingerprint density at radius 1 is 1.32 bits per heavy atom. The molecule has 19 heavy (non-hydrogen) atoms. The fourth-order valence-corrected chi connectivity index (χ4v) is 2.59. The lowest BCUT2D eigenvalue weighted by molar-refractivity contribution is -0.378. The number of hydrogen-bond donors (Lipinski definition) is 1. The SMILES string of the molecule is O=C([O-])C1CCCCC1C(=O)NCc1ccc[nH+]c1. The van der Waals surface area contributed by atoms with Gasteiger partial charge in [-0.1, -0.05) is 12.8 Å². The second-order valence-electron chi connectivity index (χ2n) is 4.95. The van der Waals surface area contributed by atoms with Crippen molar-refractivity contribution in [2.45, 2.75) is 32.2 Å². The highest BCUT2D eigenvalue weighted by atomic mass is 16.4. The summed E-state index contributed by atoms with van der Waals surface area (Å²) in [5, 5.41) is 13.9. The molecule has 1 aromatic heterocycles. The number of carboxylic acids is 1. The monoisotopic (exact) mass is 262 g/mol. The van der Waals surface area contributed by atoms with Crippen molar-refractivity contribution in [2.24, 2.45) is 11.8 Å². The van der Waals surface area contributed by atoms with Gasteiger partial charge in [0.15, 0.2) is 12.4 Å². The summed E-state index contributed by atoms with van der Waals surface area (Å²) in [5.74, 6) is -2.38. The third-order valence-corrected chi connectivity index (χ3v) is 3.64. The molecule has 1 saturated carbocycles. The molecule has 0 radical (unpaired) electrons. The Hall–Kier alpha value is -1.91. The number of nitrogens with one attached hydrogen (secondary N) is 2. The van der Waals surface area contributed by atoms with E-state index in [1.54, 1.807) is 12.4 Å². The normalized spacial score (nSPS) is 22.7. The number of carboxylic acid groups (broad SMARTS) is 1. The predicted molar refractivity (Wildman–Crippen MR) is 65.3 cm³/mol. The zero-order chi connectivity index (χ0) is 13.7. The topological polar surface area (TPSA) is 83.4 Å². The summed E-state index contributed by atoms with van der Waals surface area (Å²) in [7, 11) is 0. The first-order valence-electron chi connectivity index (χ1n) is 6.62. The van der Waals surface area contributed by atoms with Crippen molar-refractivity contribution in [2.75, 3.05) is 0 Å². The summed E-state index contributed by atoms with van der Waals surface area (Å²) < 4.78 is 0. The van der Waals surface area contributed by atoms with Crippen LogP contribution in [-0.4, -0.2) is 11.9 Å². The minimum absolute atomic E-state index is 0.183. The Labute approximate surface area is 112 Å². The Morgan fingerprint density at radius 2 is 2.05 bits per heavy atom. The van der Waals surface area contributed by atoms with Crippen LogP contribution in [-0.2, 0) is 16.1 Å². The molecule has 1 aromatic rings. The van der Waals surface area contributed by atoms with E-state index in [4.69, 9.17) is 0 Å². The zero-order valence-corrected chi connectivity index (χ0v) is 10.7. The van der Waals surface area contributed by atoms with Gasteiger partial charge in [0.05, 0.1) is 0 Å². The molecule has 1 heterocycles. The van der Waals surface area contributed by atoms with E-state index < -0.39 is 17.8 Å². The summed E-state index contributed by atoms with van der Waals surface area (Å²) >= 11 is 0. The number of carbonyl (C=O) groups is 2. The number of carbonyl (C=O) groups excluding carboxylic acids is 2. The number of rotatable bonds is 4. The van der Waals surface area contributed by atoms with Gasteiger partial charge < -0.3 is 15.2 Å². The number of aromatic amines is 1. The van der Waals surface area contributed by atoms with Crippen LogP contribution in [0.2, 0.25) is 0 Å². The van der Waals surface area contributed by atoms with E-state index in [1.165, 1.54) is 0 Å². The molecule has 2 N–H and O–H groups in total. The van der Waals surface area contributed by atoms with Crippen molar-refractivity contribution in [3.63, 3.8) is 0 Å². The lowest BCUT2D eigenvalue weighted by Gasteiger charge is -2.31. The van der Waals surface area contributed by atoms with Crippen molar-refractivity contribution >= 4 is 11.9 Å². The first-order valence-corrected chi connectivity index (χ1v) is 6.62. The van der Waals surface area contributed by atoms with Crippen LogP contribution in [0.1, 0.15) is 31.2 Å². The number of amides is 1. The van der Waals surface area contributed by atoms with Crippen LogP contribution in [0.3, 0.4) is 0 Å².